The van der Waals surface area contributed by atoms with Crippen molar-refractivity contribution in [1.29, 1.82) is 0 Å². The highest BCUT2D eigenvalue weighted by molar-refractivity contribution is 6.32. The van der Waals surface area contributed by atoms with Crippen molar-refractivity contribution in [1.82, 2.24) is 9.97 Å². The van der Waals surface area contributed by atoms with Crippen LogP contribution >= 0.6 is 23.2 Å². The van der Waals surface area contributed by atoms with Crippen molar-refractivity contribution >= 4 is 35.1 Å². The van der Waals surface area contributed by atoms with Crippen molar-refractivity contribution in [3.63, 3.8) is 0 Å². The van der Waals surface area contributed by atoms with Gasteiger partial charge in [-0.2, -0.15) is 0 Å². The summed E-state index contributed by atoms with van der Waals surface area (Å²) in [4.78, 5) is 29.7. The third-order valence-corrected chi connectivity index (χ3v) is 3.56. The zero-order valence-electron chi connectivity index (χ0n) is 16.7. The van der Waals surface area contributed by atoms with Crippen LogP contribution in [0.5, 0.6) is 11.8 Å². The fourth-order valence-electron chi connectivity index (χ4n) is 1.83. The molecule has 0 saturated heterocycles. The Kier molecular flexibility index (Phi) is 9.64. The second kappa shape index (κ2) is 11.4. The molecule has 2 aromatic rings. The summed E-state index contributed by atoms with van der Waals surface area (Å²) in [5.74, 6) is -0.401. The molecule has 1 amide bonds. The number of nitrogens with two attached hydrogens (primary N) is 1. The summed E-state index contributed by atoms with van der Waals surface area (Å²) >= 11 is 11.7. The minimum absolute atomic E-state index is 0.0144. The number of aromatic nitrogens is 2. The Morgan fingerprint density at radius 2 is 1.31 bits per heavy atom. The zero-order valence-corrected chi connectivity index (χ0v) is 18.2. The van der Waals surface area contributed by atoms with E-state index in [1.165, 1.54) is 31.6 Å². The van der Waals surface area contributed by atoms with Gasteiger partial charge >= 0.3 is 5.97 Å². The highest BCUT2D eigenvalue weighted by atomic mass is 35.5. The van der Waals surface area contributed by atoms with E-state index in [9.17, 15) is 9.59 Å². The van der Waals surface area contributed by atoms with Crippen LogP contribution < -0.4 is 15.2 Å². The largest absolute Gasteiger partial charge is 0.474 e. The molecule has 0 aliphatic heterocycles. The van der Waals surface area contributed by atoms with Crippen LogP contribution in [0.2, 0.25) is 10.0 Å². The van der Waals surface area contributed by atoms with E-state index in [2.05, 4.69) is 14.7 Å². The topological polar surface area (TPSA) is 114 Å². The molecule has 0 radical (unpaired) electrons. The minimum Gasteiger partial charge on any atom is -0.474 e. The molecule has 0 aliphatic rings. The average molecular weight is 444 g/mol. The number of hydrogen-bond donors (Lipinski definition) is 1. The molecule has 2 N–H and O–H groups in total. The molecule has 10 heteroatoms. The SMILES string of the molecule is CC(C)Oc1ncc(C(N)=O)cc1Cl.COC(=O)c1cnc(OC(C)C)c(Cl)c1. The fraction of sp³-hybridized carbons (Fsp3) is 0.368. The highest BCUT2D eigenvalue weighted by Crippen LogP contribution is 2.24. The van der Waals surface area contributed by atoms with Gasteiger partial charge in [0.05, 0.1) is 30.4 Å². The summed E-state index contributed by atoms with van der Waals surface area (Å²) in [7, 11) is 1.30. The third kappa shape index (κ3) is 8.13. The van der Waals surface area contributed by atoms with Gasteiger partial charge in [0.15, 0.2) is 0 Å². The van der Waals surface area contributed by atoms with Gasteiger partial charge in [-0.1, -0.05) is 23.2 Å². The number of primary amides is 1. The Labute approximate surface area is 179 Å². The Balaban J connectivity index is 0.000000291. The lowest BCUT2D eigenvalue weighted by Gasteiger charge is -2.10. The second-order valence-corrected chi connectivity index (χ2v) is 7.03. The molecule has 0 aromatic carbocycles. The molecular formula is C19H23Cl2N3O5. The van der Waals surface area contributed by atoms with Crippen LogP contribution in [0, 0.1) is 0 Å². The summed E-state index contributed by atoms with van der Waals surface area (Å²) in [6.07, 6.45) is 2.68. The average Bonchev–Trinajstić information content (AvgIpc) is 2.64. The number of hydrogen-bond acceptors (Lipinski definition) is 7. The molecule has 0 unspecified atom stereocenters. The molecular weight excluding hydrogens is 421 g/mol. The van der Waals surface area contributed by atoms with Crippen molar-refractivity contribution in [2.45, 2.75) is 39.9 Å². The fourth-order valence-corrected chi connectivity index (χ4v) is 2.26. The van der Waals surface area contributed by atoms with Gasteiger partial charge < -0.3 is 19.9 Å². The van der Waals surface area contributed by atoms with Crippen molar-refractivity contribution in [2.75, 3.05) is 7.11 Å². The van der Waals surface area contributed by atoms with Crippen LogP contribution in [0.4, 0.5) is 0 Å². The van der Waals surface area contributed by atoms with Gasteiger partial charge in [0, 0.05) is 12.4 Å². The summed E-state index contributed by atoms with van der Waals surface area (Å²) in [6.45, 7) is 7.46. The number of methoxy groups -OCH3 is 1. The first-order chi connectivity index (χ1) is 13.5. The van der Waals surface area contributed by atoms with E-state index < -0.39 is 11.9 Å². The lowest BCUT2D eigenvalue weighted by molar-refractivity contribution is 0.0600. The lowest BCUT2D eigenvalue weighted by Crippen LogP contribution is -2.12. The summed E-state index contributed by atoms with van der Waals surface area (Å²) in [6, 6.07) is 2.91. The highest BCUT2D eigenvalue weighted by Gasteiger charge is 2.11. The molecule has 2 heterocycles. The Morgan fingerprint density at radius 3 is 1.66 bits per heavy atom. The molecule has 158 valence electrons. The van der Waals surface area contributed by atoms with Gasteiger partial charge in [-0.25, -0.2) is 14.8 Å². The maximum Gasteiger partial charge on any atom is 0.339 e. The maximum absolute atomic E-state index is 11.1. The first kappa shape index (κ1) is 24.5. The van der Waals surface area contributed by atoms with Gasteiger partial charge in [0.1, 0.15) is 10.0 Å². The summed E-state index contributed by atoms with van der Waals surface area (Å²) in [5, 5.41) is 0.585. The summed E-state index contributed by atoms with van der Waals surface area (Å²) in [5.41, 5.74) is 5.63. The van der Waals surface area contributed by atoms with E-state index in [0.29, 0.717) is 22.3 Å². The Hall–Kier alpha value is -2.58. The van der Waals surface area contributed by atoms with Crippen molar-refractivity contribution < 1.29 is 23.8 Å². The van der Waals surface area contributed by atoms with E-state index >= 15 is 0 Å². The predicted molar refractivity (Wildman–Crippen MR) is 110 cm³/mol. The maximum atomic E-state index is 11.1. The van der Waals surface area contributed by atoms with E-state index in [1.54, 1.807) is 0 Å². The predicted octanol–water partition coefficient (Wildman–Crippen LogP) is 3.93. The van der Waals surface area contributed by atoms with Gasteiger partial charge in [-0.05, 0) is 39.8 Å². The molecule has 2 aromatic heterocycles. The van der Waals surface area contributed by atoms with Crippen molar-refractivity contribution in [2.24, 2.45) is 5.73 Å². The van der Waals surface area contributed by atoms with E-state index in [0.717, 1.165) is 0 Å². The number of carbonyl (C=O) groups is 2. The Bertz CT molecular complexity index is 860. The molecule has 0 fully saturated rings. The standard InChI is InChI=1S/C10H12ClNO3.C9H11ClN2O2/c1-6(2)15-9-8(11)4-7(5-12-9)10(13)14-3;1-5(2)14-9-7(10)3-6(4-12-9)8(11)13/h4-6H,1-3H3;3-5H,1-2H3,(H2,11,13). The van der Waals surface area contributed by atoms with Crippen LogP contribution in [0.3, 0.4) is 0 Å². The molecule has 29 heavy (non-hydrogen) atoms. The number of amides is 1. The quantitative estimate of drug-likeness (QED) is 0.672. The number of rotatable bonds is 6. The molecule has 0 atom stereocenters. The van der Waals surface area contributed by atoms with Crippen LogP contribution in [-0.2, 0) is 4.74 Å². The van der Waals surface area contributed by atoms with E-state index in [1.807, 2.05) is 27.7 Å². The van der Waals surface area contributed by atoms with Crippen molar-refractivity contribution in [3.05, 3.63) is 45.7 Å². The molecule has 8 nitrogen and oxygen atoms in total. The smallest absolute Gasteiger partial charge is 0.339 e. The normalized spacial score (nSPS) is 10.2. The number of esters is 1. The molecule has 0 bridgehead atoms. The zero-order chi connectivity index (χ0) is 22.1. The molecule has 0 spiro atoms. The number of nitrogens with zero attached hydrogens (tertiary/aromatic N) is 2. The second-order valence-electron chi connectivity index (χ2n) is 6.21. The number of carbonyl (C=O) groups excluding carboxylic acids is 2. The third-order valence-electron chi connectivity index (χ3n) is 3.02. The monoisotopic (exact) mass is 443 g/mol. The number of ether oxygens (including phenoxy) is 3. The van der Waals surface area contributed by atoms with E-state index in [-0.39, 0.29) is 22.8 Å². The van der Waals surface area contributed by atoms with Crippen molar-refractivity contribution in [3.8, 4) is 11.8 Å². The van der Waals surface area contributed by atoms with E-state index in [4.69, 9.17) is 38.4 Å². The number of pyridine rings is 2. The molecule has 0 saturated carbocycles. The van der Waals surface area contributed by atoms with Gasteiger partial charge in [-0.3, -0.25) is 4.79 Å². The minimum atomic E-state index is -0.560. The lowest BCUT2D eigenvalue weighted by atomic mass is 10.3. The van der Waals surface area contributed by atoms with Crippen LogP contribution in [0.25, 0.3) is 0 Å². The van der Waals surface area contributed by atoms with Crippen LogP contribution in [-0.4, -0.2) is 41.2 Å². The van der Waals surface area contributed by atoms with Gasteiger partial charge in [0.2, 0.25) is 17.7 Å². The Morgan fingerprint density at radius 1 is 0.897 bits per heavy atom. The van der Waals surface area contributed by atoms with Crippen LogP contribution in [0.15, 0.2) is 24.5 Å². The van der Waals surface area contributed by atoms with Gasteiger partial charge in [-0.15, -0.1) is 0 Å². The first-order valence-electron chi connectivity index (χ1n) is 8.57. The summed E-state index contributed by atoms with van der Waals surface area (Å²) < 4.78 is 15.1. The first-order valence-corrected chi connectivity index (χ1v) is 9.33. The molecule has 2 rings (SSSR count). The van der Waals surface area contributed by atoms with Crippen LogP contribution in [0.1, 0.15) is 48.4 Å². The molecule has 0 aliphatic carbocycles. The van der Waals surface area contributed by atoms with Gasteiger partial charge in [0.25, 0.3) is 0 Å². The number of halogens is 2.